The number of para-hydroxylation sites is 1. The summed E-state index contributed by atoms with van der Waals surface area (Å²) in [6.45, 7) is 0. The number of nitrogens with zero attached hydrogens (tertiary/aromatic N) is 2. The standard InChI is InChI=1S/C15H15F2N3O/c1-20-8-11(13(19-20)14(16)17)15(21)18-12-5-3-2-4-10(12)9-6-7-9/h2-5,8-9,14H,6-7H2,1H3,(H,18,21). The van der Waals surface area contributed by atoms with E-state index in [1.807, 2.05) is 18.2 Å². The number of amides is 1. The molecule has 0 saturated heterocycles. The second-order valence-electron chi connectivity index (χ2n) is 5.22. The smallest absolute Gasteiger partial charge is 0.282 e. The van der Waals surface area contributed by atoms with Crippen molar-refractivity contribution in [2.45, 2.75) is 25.2 Å². The number of nitrogens with one attached hydrogen (secondary N) is 1. The van der Waals surface area contributed by atoms with E-state index in [9.17, 15) is 13.6 Å². The molecule has 0 unspecified atom stereocenters. The molecule has 1 aliphatic carbocycles. The van der Waals surface area contributed by atoms with E-state index in [0.717, 1.165) is 18.4 Å². The molecule has 21 heavy (non-hydrogen) atoms. The highest BCUT2D eigenvalue weighted by molar-refractivity contribution is 6.05. The highest BCUT2D eigenvalue weighted by atomic mass is 19.3. The molecule has 3 rings (SSSR count). The summed E-state index contributed by atoms with van der Waals surface area (Å²) in [5.74, 6) is -0.0866. The van der Waals surface area contributed by atoms with E-state index in [0.29, 0.717) is 11.6 Å². The fraction of sp³-hybridized carbons (Fsp3) is 0.333. The number of hydrogen-bond donors (Lipinski definition) is 1. The van der Waals surface area contributed by atoms with Gasteiger partial charge in [-0.15, -0.1) is 0 Å². The Morgan fingerprint density at radius 1 is 1.38 bits per heavy atom. The molecule has 4 nitrogen and oxygen atoms in total. The van der Waals surface area contributed by atoms with Gasteiger partial charge in [0, 0.05) is 18.9 Å². The number of hydrogen-bond acceptors (Lipinski definition) is 2. The molecule has 0 bridgehead atoms. The van der Waals surface area contributed by atoms with Crippen LogP contribution in [0.4, 0.5) is 14.5 Å². The predicted molar refractivity (Wildman–Crippen MR) is 74.5 cm³/mol. The van der Waals surface area contributed by atoms with E-state index in [-0.39, 0.29) is 5.56 Å². The van der Waals surface area contributed by atoms with E-state index in [1.54, 1.807) is 6.07 Å². The van der Waals surface area contributed by atoms with Crippen LogP contribution in [0.2, 0.25) is 0 Å². The lowest BCUT2D eigenvalue weighted by Gasteiger charge is -2.10. The largest absolute Gasteiger partial charge is 0.322 e. The van der Waals surface area contributed by atoms with E-state index in [1.165, 1.54) is 17.9 Å². The Labute approximate surface area is 120 Å². The SMILES string of the molecule is Cn1cc(C(=O)Nc2ccccc2C2CC2)c(C(F)F)n1. The van der Waals surface area contributed by atoms with Gasteiger partial charge in [-0.25, -0.2) is 8.78 Å². The van der Waals surface area contributed by atoms with E-state index in [4.69, 9.17) is 0 Å². The highest BCUT2D eigenvalue weighted by Crippen LogP contribution is 2.43. The Bertz CT molecular complexity index is 677. The van der Waals surface area contributed by atoms with Gasteiger partial charge < -0.3 is 5.32 Å². The Balaban J connectivity index is 1.87. The molecule has 0 radical (unpaired) electrons. The highest BCUT2D eigenvalue weighted by Gasteiger charge is 2.27. The van der Waals surface area contributed by atoms with Crippen LogP contribution < -0.4 is 5.32 Å². The maximum Gasteiger partial charge on any atom is 0.282 e. The summed E-state index contributed by atoms with van der Waals surface area (Å²) in [5.41, 5.74) is 1.18. The van der Waals surface area contributed by atoms with Crippen LogP contribution in [0.1, 0.15) is 46.8 Å². The van der Waals surface area contributed by atoms with E-state index in [2.05, 4.69) is 10.4 Å². The van der Waals surface area contributed by atoms with Crippen molar-refractivity contribution in [3.8, 4) is 0 Å². The Kier molecular flexibility index (Phi) is 3.45. The zero-order chi connectivity index (χ0) is 15.0. The third-order valence-corrected chi connectivity index (χ3v) is 3.53. The minimum atomic E-state index is -2.77. The number of carbonyl (C=O) groups excluding carboxylic acids is 1. The van der Waals surface area contributed by atoms with Crippen molar-refractivity contribution >= 4 is 11.6 Å². The normalized spacial score (nSPS) is 14.5. The third kappa shape index (κ3) is 2.79. The van der Waals surface area contributed by atoms with Crippen LogP contribution in [0.25, 0.3) is 0 Å². The number of aromatic nitrogens is 2. The average molecular weight is 291 g/mol. The minimum absolute atomic E-state index is 0.0851. The first-order chi connectivity index (χ1) is 10.1. The molecule has 2 aromatic rings. The van der Waals surface area contributed by atoms with E-state index >= 15 is 0 Å². The van der Waals surface area contributed by atoms with Gasteiger partial charge in [-0.3, -0.25) is 9.48 Å². The van der Waals surface area contributed by atoms with Crippen molar-refractivity contribution < 1.29 is 13.6 Å². The topological polar surface area (TPSA) is 46.9 Å². The van der Waals surface area contributed by atoms with Crippen LogP contribution in [0.5, 0.6) is 0 Å². The molecule has 1 aromatic carbocycles. The first-order valence-corrected chi connectivity index (χ1v) is 6.78. The predicted octanol–water partition coefficient (Wildman–Crippen LogP) is 3.49. The van der Waals surface area contributed by atoms with Gasteiger partial charge in [-0.05, 0) is 30.4 Å². The third-order valence-electron chi connectivity index (χ3n) is 3.53. The molecular weight excluding hydrogens is 276 g/mol. The van der Waals surface area contributed by atoms with Crippen LogP contribution >= 0.6 is 0 Å². The summed E-state index contributed by atoms with van der Waals surface area (Å²) in [6, 6.07) is 7.49. The summed E-state index contributed by atoms with van der Waals surface area (Å²) < 4.78 is 27.0. The molecule has 0 spiro atoms. The molecule has 0 aliphatic heterocycles. The van der Waals surface area contributed by atoms with Gasteiger partial charge in [-0.2, -0.15) is 5.10 Å². The van der Waals surface area contributed by atoms with Gasteiger partial charge in [-0.1, -0.05) is 18.2 Å². The van der Waals surface area contributed by atoms with Crippen molar-refractivity contribution in [3.05, 3.63) is 47.3 Å². The van der Waals surface area contributed by atoms with Crippen LogP contribution in [0, 0.1) is 0 Å². The number of aryl methyl sites for hydroxylation is 1. The fourth-order valence-electron chi connectivity index (χ4n) is 2.39. The molecule has 1 aromatic heterocycles. The lowest BCUT2D eigenvalue weighted by molar-refractivity contribution is 0.101. The Morgan fingerprint density at radius 3 is 2.76 bits per heavy atom. The monoisotopic (exact) mass is 291 g/mol. The van der Waals surface area contributed by atoms with Gasteiger partial charge in [0.1, 0.15) is 5.69 Å². The summed E-state index contributed by atoms with van der Waals surface area (Å²) in [7, 11) is 1.51. The molecular formula is C15H15F2N3O. The van der Waals surface area contributed by atoms with Gasteiger partial charge in [0.2, 0.25) is 0 Å². The molecule has 1 heterocycles. The summed E-state index contributed by atoms with van der Waals surface area (Å²) in [4.78, 5) is 12.3. The number of halogens is 2. The van der Waals surface area contributed by atoms with E-state index < -0.39 is 18.0 Å². The van der Waals surface area contributed by atoms with Crippen LogP contribution in [-0.4, -0.2) is 15.7 Å². The number of rotatable bonds is 4. The van der Waals surface area contributed by atoms with Gasteiger partial charge in [0.15, 0.2) is 0 Å². The van der Waals surface area contributed by atoms with Crippen molar-refractivity contribution in [1.29, 1.82) is 0 Å². The molecule has 110 valence electrons. The summed E-state index contributed by atoms with van der Waals surface area (Å²) in [5, 5.41) is 6.38. The van der Waals surface area contributed by atoms with Gasteiger partial charge >= 0.3 is 0 Å². The van der Waals surface area contributed by atoms with Crippen molar-refractivity contribution in [1.82, 2.24) is 9.78 Å². The number of carbonyl (C=O) groups is 1. The lowest BCUT2D eigenvalue weighted by atomic mass is 10.1. The first-order valence-electron chi connectivity index (χ1n) is 6.78. The number of benzene rings is 1. The zero-order valence-corrected chi connectivity index (χ0v) is 11.5. The number of alkyl halides is 2. The average Bonchev–Trinajstić information content (AvgIpc) is 3.21. The lowest BCUT2D eigenvalue weighted by Crippen LogP contribution is -2.14. The Morgan fingerprint density at radius 2 is 2.10 bits per heavy atom. The maximum absolute atomic E-state index is 12.9. The molecule has 1 N–H and O–H groups in total. The van der Waals surface area contributed by atoms with Gasteiger partial charge in [0.05, 0.1) is 5.56 Å². The van der Waals surface area contributed by atoms with Crippen LogP contribution in [0.3, 0.4) is 0 Å². The summed E-state index contributed by atoms with van der Waals surface area (Å²) >= 11 is 0. The molecule has 1 amide bonds. The Hall–Kier alpha value is -2.24. The molecule has 6 heteroatoms. The maximum atomic E-state index is 12.9. The van der Waals surface area contributed by atoms with Gasteiger partial charge in [0.25, 0.3) is 12.3 Å². The van der Waals surface area contributed by atoms with Crippen molar-refractivity contribution in [2.75, 3.05) is 5.32 Å². The quantitative estimate of drug-likeness (QED) is 0.937. The summed E-state index contributed by atoms with van der Waals surface area (Å²) in [6.07, 6.45) is 0.742. The fourth-order valence-corrected chi connectivity index (χ4v) is 2.39. The van der Waals surface area contributed by atoms with Crippen molar-refractivity contribution in [3.63, 3.8) is 0 Å². The minimum Gasteiger partial charge on any atom is -0.322 e. The first kappa shape index (κ1) is 13.7. The zero-order valence-electron chi connectivity index (χ0n) is 11.5. The van der Waals surface area contributed by atoms with Crippen LogP contribution in [0.15, 0.2) is 30.5 Å². The van der Waals surface area contributed by atoms with Crippen LogP contribution in [-0.2, 0) is 7.05 Å². The second-order valence-corrected chi connectivity index (χ2v) is 5.22. The molecule has 1 fully saturated rings. The molecule has 1 saturated carbocycles. The molecule has 0 atom stereocenters. The number of anilines is 1. The second kappa shape index (κ2) is 5.27. The van der Waals surface area contributed by atoms with Crippen molar-refractivity contribution in [2.24, 2.45) is 7.05 Å². The molecule has 1 aliphatic rings.